The van der Waals surface area contributed by atoms with Gasteiger partial charge in [-0.05, 0) is 49.2 Å². The second-order valence-electron chi connectivity index (χ2n) is 7.20. The number of nitrogens with zero attached hydrogens (tertiary/aromatic N) is 4. The number of nitrogens with two attached hydrogens (primary N) is 1. The normalized spacial score (nSPS) is 14.4. The van der Waals surface area contributed by atoms with Gasteiger partial charge in [0.25, 0.3) is 5.91 Å². The summed E-state index contributed by atoms with van der Waals surface area (Å²) in [4.78, 5) is 13.7. The molecule has 1 saturated heterocycles. The first-order chi connectivity index (χ1) is 13.6. The van der Waals surface area contributed by atoms with Crippen molar-refractivity contribution in [2.45, 2.75) is 25.9 Å². The third-order valence-corrected chi connectivity index (χ3v) is 5.07. The lowest BCUT2D eigenvalue weighted by atomic mass is 10.1. The van der Waals surface area contributed by atoms with Crippen LogP contribution < -0.4 is 5.73 Å². The van der Waals surface area contributed by atoms with E-state index in [2.05, 4.69) is 39.5 Å². The summed E-state index contributed by atoms with van der Waals surface area (Å²) < 4.78 is 1.70. The highest BCUT2D eigenvalue weighted by Gasteiger charge is 2.12. The van der Waals surface area contributed by atoms with E-state index in [4.69, 9.17) is 5.73 Å². The Labute approximate surface area is 163 Å². The molecule has 1 fully saturated rings. The van der Waals surface area contributed by atoms with Crippen LogP contribution in [0.3, 0.4) is 0 Å². The number of rotatable bonds is 6. The molecule has 1 aliphatic heterocycles. The maximum atomic E-state index is 11.2. The first kappa shape index (κ1) is 18.2. The third kappa shape index (κ3) is 4.04. The van der Waals surface area contributed by atoms with E-state index in [0.717, 1.165) is 23.4 Å². The van der Waals surface area contributed by atoms with Gasteiger partial charge in [0.05, 0.1) is 18.3 Å². The van der Waals surface area contributed by atoms with Crippen LogP contribution in [0.25, 0.3) is 11.3 Å². The first-order valence-electron chi connectivity index (χ1n) is 9.42. The van der Waals surface area contributed by atoms with Crippen LogP contribution in [0.2, 0.25) is 0 Å². The fraction of sp³-hybridized carbons (Fsp3) is 0.286. The number of aromatic hydroxyl groups is 1. The number of benzene rings is 2. The van der Waals surface area contributed by atoms with Crippen molar-refractivity contribution >= 4 is 5.91 Å². The van der Waals surface area contributed by atoms with Gasteiger partial charge >= 0.3 is 0 Å². The van der Waals surface area contributed by atoms with E-state index in [1.54, 1.807) is 10.7 Å². The minimum Gasteiger partial charge on any atom is -0.507 e. The first-order valence-corrected chi connectivity index (χ1v) is 9.42. The van der Waals surface area contributed by atoms with Gasteiger partial charge in [-0.15, -0.1) is 5.10 Å². The molecular formula is C21H23N5O2. The van der Waals surface area contributed by atoms with Gasteiger partial charge < -0.3 is 10.8 Å². The molecule has 28 heavy (non-hydrogen) atoms. The molecule has 4 rings (SSSR count). The van der Waals surface area contributed by atoms with E-state index >= 15 is 0 Å². The minimum atomic E-state index is -0.653. The average Bonchev–Trinajstić information content (AvgIpc) is 3.34. The van der Waals surface area contributed by atoms with Crippen LogP contribution in [0.5, 0.6) is 5.75 Å². The Hall–Kier alpha value is -3.19. The number of carbonyl (C=O) groups excluding carboxylic acids is 1. The highest BCUT2D eigenvalue weighted by atomic mass is 16.3. The Morgan fingerprint density at radius 3 is 2.43 bits per heavy atom. The summed E-state index contributed by atoms with van der Waals surface area (Å²) in [5.41, 5.74) is 9.25. The molecule has 0 spiro atoms. The number of amides is 1. The lowest BCUT2D eigenvalue weighted by molar-refractivity contribution is 0.0997. The van der Waals surface area contributed by atoms with Crippen molar-refractivity contribution in [2.75, 3.05) is 13.1 Å². The van der Waals surface area contributed by atoms with Gasteiger partial charge in [0.15, 0.2) is 0 Å². The molecule has 1 aliphatic rings. The lowest BCUT2D eigenvalue weighted by Gasteiger charge is -2.14. The Morgan fingerprint density at radius 1 is 1.04 bits per heavy atom. The molecule has 1 aromatic heterocycles. The summed E-state index contributed by atoms with van der Waals surface area (Å²) in [6, 6.07) is 13.2. The molecule has 3 aromatic rings. The Balaban J connectivity index is 1.44. The van der Waals surface area contributed by atoms with Gasteiger partial charge in [0.2, 0.25) is 0 Å². The predicted molar refractivity (Wildman–Crippen MR) is 106 cm³/mol. The molecule has 7 heteroatoms. The van der Waals surface area contributed by atoms with Crippen LogP contribution in [-0.2, 0) is 13.1 Å². The van der Waals surface area contributed by atoms with Crippen molar-refractivity contribution in [3.8, 4) is 17.0 Å². The number of phenols is 1. The maximum absolute atomic E-state index is 11.2. The summed E-state index contributed by atoms with van der Waals surface area (Å²) >= 11 is 0. The quantitative estimate of drug-likeness (QED) is 0.687. The standard InChI is InChI=1S/C21H23N5O2/c22-21(28)18-8-5-16(11-20(18)27)13-26-14-19(23-24-26)17-6-3-15(4-7-17)12-25-9-1-2-10-25/h3-8,11,14,27H,1-2,9-10,12-13H2,(H2,22,28). The highest BCUT2D eigenvalue weighted by Crippen LogP contribution is 2.21. The number of hydrogen-bond donors (Lipinski definition) is 2. The molecule has 0 saturated carbocycles. The zero-order chi connectivity index (χ0) is 19.5. The van der Waals surface area contributed by atoms with E-state index in [1.807, 2.05) is 6.20 Å². The van der Waals surface area contributed by atoms with Crippen LogP contribution in [0.1, 0.15) is 34.3 Å². The Bertz CT molecular complexity index is 975. The molecule has 3 N–H and O–H groups in total. The van der Waals surface area contributed by atoms with E-state index < -0.39 is 5.91 Å². The molecule has 144 valence electrons. The predicted octanol–water partition coefficient (Wildman–Crippen LogP) is 2.39. The van der Waals surface area contributed by atoms with Gasteiger partial charge in [-0.3, -0.25) is 9.69 Å². The van der Waals surface area contributed by atoms with E-state index in [9.17, 15) is 9.90 Å². The average molecular weight is 377 g/mol. The molecule has 0 atom stereocenters. The van der Waals surface area contributed by atoms with Crippen molar-refractivity contribution in [1.82, 2.24) is 19.9 Å². The minimum absolute atomic E-state index is 0.108. The summed E-state index contributed by atoms with van der Waals surface area (Å²) in [5.74, 6) is -0.779. The van der Waals surface area contributed by atoms with Gasteiger partial charge in [-0.1, -0.05) is 35.5 Å². The summed E-state index contributed by atoms with van der Waals surface area (Å²) in [7, 11) is 0. The van der Waals surface area contributed by atoms with Gasteiger partial charge in [0, 0.05) is 12.1 Å². The number of primary amides is 1. The zero-order valence-electron chi connectivity index (χ0n) is 15.6. The van der Waals surface area contributed by atoms with Gasteiger partial charge in [-0.25, -0.2) is 4.68 Å². The van der Waals surface area contributed by atoms with Gasteiger partial charge in [0.1, 0.15) is 11.4 Å². The smallest absolute Gasteiger partial charge is 0.252 e. The summed E-state index contributed by atoms with van der Waals surface area (Å²) in [5, 5.41) is 18.3. The van der Waals surface area contributed by atoms with Crippen molar-refractivity contribution in [3.05, 3.63) is 65.4 Å². The summed E-state index contributed by atoms with van der Waals surface area (Å²) in [6.07, 6.45) is 4.46. The van der Waals surface area contributed by atoms with E-state index in [0.29, 0.717) is 6.54 Å². The topological polar surface area (TPSA) is 97.3 Å². The monoisotopic (exact) mass is 377 g/mol. The lowest BCUT2D eigenvalue weighted by Crippen LogP contribution is -2.18. The van der Waals surface area contributed by atoms with Crippen molar-refractivity contribution in [3.63, 3.8) is 0 Å². The fourth-order valence-corrected chi connectivity index (χ4v) is 3.56. The fourth-order valence-electron chi connectivity index (χ4n) is 3.56. The van der Waals surface area contributed by atoms with E-state index in [1.165, 1.54) is 43.6 Å². The highest BCUT2D eigenvalue weighted by molar-refractivity contribution is 5.95. The Morgan fingerprint density at radius 2 is 1.75 bits per heavy atom. The number of hydrogen-bond acceptors (Lipinski definition) is 5. The second-order valence-corrected chi connectivity index (χ2v) is 7.20. The molecule has 0 radical (unpaired) electrons. The largest absolute Gasteiger partial charge is 0.507 e. The summed E-state index contributed by atoms with van der Waals surface area (Å²) in [6.45, 7) is 3.81. The Kier molecular flexibility index (Phi) is 5.08. The molecule has 0 unspecified atom stereocenters. The van der Waals surface area contributed by atoms with Crippen molar-refractivity contribution < 1.29 is 9.90 Å². The SMILES string of the molecule is NC(=O)c1ccc(Cn2cc(-c3ccc(CN4CCCC4)cc3)nn2)cc1O. The number of carbonyl (C=O) groups is 1. The molecule has 2 aromatic carbocycles. The van der Waals surface area contributed by atoms with Crippen molar-refractivity contribution in [2.24, 2.45) is 5.73 Å². The molecule has 2 heterocycles. The molecule has 7 nitrogen and oxygen atoms in total. The third-order valence-electron chi connectivity index (χ3n) is 5.07. The molecule has 0 bridgehead atoms. The molecule has 0 aliphatic carbocycles. The number of aromatic nitrogens is 3. The van der Waals surface area contributed by atoms with Crippen LogP contribution in [0.15, 0.2) is 48.7 Å². The zero-order valence-corrected chi connectivity index (χ0v) is 15.6. The van der Waals surface area contributed by atoms with Crippen LogP contribution in [-0.4, -0.2) is 44.0 Å². The maximum Gasteiger partial charge on any atom is 0.252 e. The van der Waals surface area contributed by atoms with E-state index in [-0.39, 0.29) is 11.3 Å². The molecular weight excluding hydrogens is 354 g/mol. The van der Waals surface area contributed by atoms with Gasteiger partial charge in [-0.2, -0.15) is 0 Å². The van der Waals surface area contributed by atoms with Crippen LogP contribution in [0.4, 0.5) is 0 Å². The molecule has 1 amide bonds. The second kappa shape index (κ2) is 7.82. The van der Waals surface area contributed by atoms with Crippen LogP contribution in [0, 0.1) is 0 Å². The van der Waals surface area contributed by atoms with Crippen LogP contribution >= 0.6 is 0 Å². The van der Waals surface area contributed by atoms with Crippen molar-refractivity contribution in [1.29, 1.82) is 0 Å². The number of likely N-dealkylation sites (tertiary alicyclic amines) is 1.